The van der Waals surface area contributed by atoms with Crippen LogP contribution in [0.2, 0.25) is 0 Å². The van der Waals surface area contributed by atoms with E-state index >= 15 is 0 Å². The number of fused-ring (bicyclic) bond motifs is 3. The second-order valence-corrected chi connectivity index (χ2v) is 52.7. The molecule has 4 aromatic rings. The number of thioether (sulfide) groups is 8. The molecule has 12 heteroatoms. The molecule has 0 spiro atoms. The van der Waals surface area contributed by atoms with E-state index in [1.807, 2.05) is 0 Å². The number of hydrogen-bond donors (Lipinski definition) is 0. The molecule has 4 aromatic carbocycles. The van der Waals surface area contributed by atoms with Gasteiger partial charge in [0.2, 0.25) is 0 Å². The number of unbranched alkanes of at least 4 members (excludes halogenated alkanes) is 66. The second kappa shape index (κ2) is 85.4. The number of ether oxygens (including phenoxy) is 4. The van der Waals surface area contributed by atoms with E-state index in [1.54, 1.807) is 0 Å². The molecular formula is C129H214O4S8. The minimum absolute atomic E-state index is 0.210. The summed E-state index contributed by atoms with van der Waals surface area (Å²) in [5, 5.41) is 0. The van der Waals surface area contributed by atoms with Crippen LogP contribution in [0.4, 0.5) is 0 Å². The summed E-state index contributed by atoms with van der Waals surface area (Å²) in [6, 6.07) is 25.5. The van der Waals surface area contributed by atoms with Gasteiger partial charge in [-0.1, -0.05) is 577 Å². The highest BCUT2D eigenvalue weighted by atomic mass is 32.3. The van der Waals surface area contributed by atoms with Crippen LogP contribution in [0, 0.1) is 0 Å². The Balaban J connectivity index is 1.40. The summed E-state index contributed by atoms with van der Waals surface area (Å²) in [5.41, 5.74) is 12.9. The topological polar surface area (TPSA) is 36.9 Å². The second-order valence-electron chi connectivity index (χ2n) is 42.5. The van der Waals surface area contributed by atoms with Gasteiger partial charge >= 0.3 is 0 Å². The van der Waals surface area contributed by atoms with Gasteiger partial charge in [0, 0.05) is 27.7 Å². The summed E-state index contributed by atoms with van der Waals surface area (Å²) < 4.78 is 38.8. The van der Waals surface area contributed by atoms with Crippen molar-refractivity contribution in [3.63, 3.8) is 0 Å². The van der Waals surface area contributed by atoms with E-state index in [9.17, 15) is 0 Å². The minimum atomic E-state index is -0.210. The van der Waals surface area contributed by atoms with Gasteiger partial charge in [0.25, 0.3) is 0 Å². The highest BCUT2D eigenvalue weighted by Gasteiger charge is 2.43. The van der Waals surface area contributed by atoms with Crippen molar-refractivity contribution in [3.05, 3.63) is 108 Å². The van der Waals surface area contributed by atoms with Gasteiger partial charge in [0.05, 0.1) is 51.9 Å². The standard InChI is InChI=1S/C129H214O4S8/c1-11-21-31-41-51-59-69-79-93-130-119-107-115(121(132-95-81-71-61-53-43-33-23-13-3)103-111(119)105-123-138-125(134-97-83-73-63-55-45-35-25-15-5)126(139-123)135-98-84-74-64-56-46-36-26-16-6)109-87-89-113-114-90-88-110(102-118(114)129(117(113)101-109,91-77-67-49-39-29-19-9)92-78-68-50-40-30-20-10)116-108-120(131-94-80-70-60-52-42-32-22-12-2)112(104-122(116)133-96-82-72-62-54-44-34-24-14-4)106-124-140-127(136-99-85-75-65-57-47-37-27-17-7)128(141-124)137-100-86-76-66-58-48-38-28-18-8/h87-90,101-108H,11-86,91-100H2,1-10H3. The smallest absolute Gasteiger partial charge is 0.127 e. The van der Waals surface area contributed by atoms with E-state index in [0.717, 1.165) is 74.7 Å². The van der Waals surface area contributed by atoms with Crippen molar-refractivity contribution in [2.75, 3.05) is 49.4 Å². The zero-order valence-corrected chi connectivity index (χ0v) is 99.7. The largest absolute Gasteiger partial charge is 0.493 e. The van der Waals surface area contributed by atoms with Crippen LogP contribution in [0.15, 0.2) is 86.1 Å². The molecule has 141 heavy (non-hydrogen) atoms. The molecule has 0 radical (unpaired) electrons. The maximum atomic E-state index is 7.50. The molecule has 0 unspecified atom stereocenters. The van der Waals surface area contributed by atoms with Gasteiger partial charge in [0.15, 0.2) is 0 Å². The molecule has 0 saturated heterocycles. The Morgan fingerprint density at radius 2 is 0.404 bits per heavy atom. The van der Waals surface area contributed by atoms with Crippen LogP contribution < -0.4 is 18.9 Å². The summed E-state index contributed by atoms with van der Waals surface area (Å²) in [6.45, 7) is 26.3. The first kappa shape index (κ1) is 126. The van der Waals surface area contributed by atoms with Gasteiger partial charge in [0.1, 0.15) is 23.0 Å². The lowest BCUT2D eigenvalue weighted by Gasteiger charge is -2.33. The molecule has 0 aromatic heterocycles. The molecule has 0 saturated carbocycles. The van der Waals surface area contributed by atoms with E-state index in [1.165, 1.54) is 566 Å². The van der Waals surface area contributed by atoms with Crippen molar-refractivity contribution in [2.24, 2.45) is 0 Å². The fourth-order valence-corrected chi connectivity index (χ4v) is 32.6. The molecule has 7 rings (SSSR count). The molecule has 2 heterocycles. The Labute approximate surface area is 907 Å². The maximum absolute atomic E-state index is 7.50. The summed E-state index contributed by atoms with van der Waals surface area (Å²) in [4.78, 5) is 0. The molecule has 2 aliphatic heterocycles. The van der Waals surface area contributed by atoms with Gasteiger partial charge in [-0.05, 0) is 169 Å². The molecule has 3 aliphatic rings. The SMILES string of the molecule is CCCCCCCCCCOc1cc(-c2ccc3c(c2)C(CCCCCCCC)(CCCCCCCC)c2cc(-c4cc(OCCCCCCCCCC)c(C=C5SC(SCCCCCCCCCC)=C(SCCCCCCCCCC)S5)cc4OCCCCCCCCCC)ccc2-3)c(OCCCCCCCCCC)cc1C=C1SC(SCCCCCCCCCC)=C(SCCCCCCCCCC)S1. The number of rotatable bonds is 98. The lowest BCUT2D eigenvalue weighted by molar-refractivity contribution is 0.296. The normalized spacial score (nSPS) is 13.5. The molecule has 0 bridgehead atoms. The Morgan fingerprint density at radius 3 is 0.631 bits per heavy atom. The highest BCUT2D eigenvalue weighted by Crippen LogP contribution is 2.62. The Kier molecular flexibility index (Phi) is 76.2. The van der Waals surface area contributed by atoms with Crippen molar-refractivity contribution in [1.29, 1.82) is 0 Å². The first-order valence-electron chi connectivity index (χ1n) is 61.0. The van der Waals surface area contributed by atoms with Crippen LogP contribution in [0.1, 0.15) is 592 Å². The van der Waals surface area contributed by atoms with E-state index in [4.69, 9.17) is 18.9 Å². The first-order chi connectivity index (χ1) is 69.7. The van der Waals surface area contributed by atoms with E-state index in [0.29, 0.717) is 13.2 Å². The van der Waals surface area contributed by atoms with Crippen molar-refractivity contribution < 1.29 is 18.9 Å². The number of benzene rings is 4. The zero-order chi connectivity index (χ0) is 99.8. The average Bonchev–Trinajstić information content (AvgIpc) is 1.56. The molecule has 0 fully saturated rings. The highest BCUT2D eigenvalue weighted by molar-refractivity contribution is 8.41. The Bertz CT molecular complexity index is 3570. The fourth-order valence-electron chi connectivity index (χ4n) is 20.8. The third-order valence-corrected chi connectivity index (χ3v) is 40.8. The van der Waals surface area contributed by atoms with Crippen LogP contribution in [-0.4, -0.2) is 49.4 Å². The van der Waals surface area contributed by atoms with Gasteiger partial charge in [-0.2, -0.15) is 0 Å². The third kappa shape index (κ3) is 53.6. The van der Waals surface area contributed by atoms with E-state index in [-0.39, 0.29) is 5.41 Å². The lowest BCUT2D eigenvalue weighted by atomic mass is 9.70. The van der Waals surface area contributed by atoms with Crippen molar-refractivity contribution >= 4 is 106 Å². The van der Waals surface area contributed by atoms with Gasteiger partial charge in [-0.3, -0.25) is 0 Å². The maximum Gasteiger partial charge on any atom is 0.127 e. The third-order valence-electron chi connectivity index (χ3n) is 29.7. The quantitative estimate of drug-likeness (QED) is 0.0395. The monoisotopic (exact) mass is 2080 g/mol. The van der Waals surface area contributed by atoms with Crippen LogP contribution >= 0.6 is 94.1 Å². The molecule has 0 amide bonds. The Morgan fingerprint density at radius 1 is 0.206 bits per heavy atom. The molecule has 4 nitrogen and oxygen atoms in total. The van der Waals surface area contributed by atoms with Crippen LogP contribution in [0.25, 0.3) is 45.5 Å². The predicted molar refractivity (Wildman–Crippen MR) is 653 cm³/mol. The van der Waals surface area contributed by atoms with Gasteiger partial charge in [-0.15, -0.1) is 47.0 Å². The van der Waals surface area contributed by atoms with Gasteiger partial charge in [-0.25, -0.2) is 0 Å². The summed E-state index contributed by atoms with van der Waals surface area (Å²) in [6.07, 6.45) is 107. The zero-order valence-electron chi connectivity index (χ0n) is 93.1. The molecule has 0 N–H and O–H groups in total. The molecular weight excluding hydrogens is 1870 g/mol. The molecule has 802 valence electrons. The minimum Gasteiger partial charge on any atom is -0.493 e. The van der Waals surface area contributed by atoms with E-state index < -0.39 is 0 Å². The molecule has 1 aliphatic carbocycles. The van der Waals surface area contributed by atoms with Crippen LogP contribution in [0.3, 0.4) is 0 Å². The fraction of sp³-hybridized carbons (Fsp3) is 0.752. The van der Waals surface area contributed by atoms with Crippen LogP contribution in [-0.2, 0) is 5.41 Å². The van der Waals surface area contributed by atoms with Gasteiger partial charge < -0.3 is 18.9 Å². The van der Waals surface area contributed by atoms with Crippen molar-refractivity contribution in [1.82, 2.24) is 0 Å². The predicted octanol–water partition coefficient (Wildman–Crippen LogP) is 48.2. The van der Waals surface area contributed by atoms with Crippen molar-refractivity contribution in [3.8, 4) is 56.4 Å². The first-order valence-corrected chi connectivity index (χ1v) is 68.3. The van der Waals surface area contributed by atoms with E-state index in [2.05, 4.69) is 236 Å². The van der Waals surface area contributed by atoms with Crippen LogP contribution in [0.5, 0.6) is 23.0 Å². The number of hydrogen-bond acceptors (Lipinski definition) is 12. The summed E-state index contributed by atoms with van der Waals surface area (Å²) >= 11 is 16.8. The molecule has 0 atom stereocenters. The van der Waals surface area contributed by atoms with Crippen molar-refractivity contribution in [2.45, 2.75) is 575 Å². The lowest BCUT2D eigenvalue weighted by Crippen LogP contribution is -2.25. The summed E-state index contributed by atoms with van der Waals surface area (Å²) in [7, 11) is 0. The summed E-state index contributed by atoms with van der Waals surface area (Å²) in [5.74, 6) is 8.84. The Hall–Kier alpha value is -2.16. The average molecular weight is 2090 g/mol.